The van der Waals surface area contributed by atoms with Crippen LogP contribution < -0.4 is 10.5 Å². The quantitative estimate of drug-likeness (QED) is 0.695. The van der Waals surface area contributed by atoms with Gasteiger partial charge in [0.25, 0.3) is 5.91 Å². The van der Waals surface area contributed by atoms with Crippen molar-refractivity contribution < 1.29 is 9.53 Å². The van der Waals surface area contributed by atoms with Crippen LogP contribution in [0.5, 0.6) is 5.88 Å². The van der Waals surface area contributed by atoms with E-state index in [9.17, 15) is 4.79 Å². The lowest BCUT2D eigenvalue weighted by Gasteiger charge is -2.02. The lowest BCUT2D eigenvalue weighted by atomic mass is 10.2. The number of aromatic nitrogens is 1. The Labute approximate surface area is 70.4 Å². The predicted molar refractivity (Wildman–Crippen MR) is 44.0 cm³/mol. The van der Waals surface area contributed by atoms with Gasteiger partial charge in [0.1, 0.15) is 0 Å². The number of nitrogens with two attached hydrogens (primary N) is 1. The van der Waals surface area contributed by atoms with E-state index < -0.39 is 5.91 Å². The van der Waals surface area contributed by atoms with E-state index in [2.05, 4.69) is 4.98 Å². The number of rotatable bonds is 2. The molecule has 0 aliphatic carbocycles. The molecule has 0 saturated heterocycles. The summed E-state index contributed by atoms with van der Waals surface area (Å²) in [4.78, 5) is 14.8. The third kappa shape index (κ3) is 1.53. The fourth-order valence-electron chi connectivity index (χ4n) is 0.912. The first-order chi connectivity index (χ1) is 5.65. The fraction of sp³-hybridized carbons (Fsp3) is 0.250. The number of aryl methyl sites for hydroxylation is 1. The van der Waals surface area contributed by atoms with Crippen LogP contribution in [0.15, 0.2) is 12.1 Å². The van der Waals surface area contributed by atoms with Crippen LogP contribution >= 0.6 is 0 Å². The molecule has 1 rings (SSSR count). The zero-order chi connectivity index (χ0) is 9.14. The van der Waals surface area contributed by atoms with Crippen LogP contribution in [-0.2, 0) is 0 Å². The molecule has 0 aliphatic heterocycles. The van der Waals surface area contributed by atoms with Gasteiger partial charge in [0.15, 0.2) is 0 Å². The van der Waals surface area contributed by atoms with Crippen molar-refractivity contribution in [1.29, 1.82) is 0 Å². The van der Waals surface area contributed by atoms with Crippen molar-refractivity contribution in [2.45, 2.75) is 6.92 Å². The molecule has 1 amide bonds. The lowest BCUT2D eigenvalue weighted by molar-refractivity contribution is 0.0999. The number of hydrogen-bond acceptors (Lipinski definition) is 3. The summed E-state index contributed by atoms with van der Waals surface area (Å²) in [6.07, 6.45) is 0. The number of methoxy groups -OCH3 is 1. The number of amides is 1. The van der Waals surface area contributed by atoms with Crippen molar-refractivity contribution in [2.24, 2.45) is 5.73 Å². The average molecular weight is 166 g/mol. The van der Waals surface area contributed by atoms with Gasteiger partial charge < -0.3 is 10.5 Å². The Morgan fingerprint density at radius 2 is 2.25 bits per heavy atom. The van der Waals surface area contributed by atoms with Gasteiger partial charge in [-0.1, -0.05) is 0 Å². The van der Waals surface area contributed by atoms with E-state index in [1.165, 1.54) is 7.11 Å². The van der Waals surface area contributed by atoms with E-state index in [0.717, 1.165) is 0 Å². The lowest BCUT2D eigenvalue weighted by Crippen LogP contribution is -2.13. The van der Waals surface area contributed by atoms with E-state index in [0.29, 0.717) is 17.1 Å². The molecule has 2 N–H and O–H groups in total. The largest absolute Gasteiger partial charge is 0.481 e. The smallest absolute Gasteiger partial charge is 0.250 e. The molecular formula is C8H10N2O2. The zero-order valence-corrected chi connectivity index (χ0v) is 7.00. The Morgan fingerprint density at radius 1 is 1.58 bits per heavy atom. The van der Waals surface area contributed by atoms with Gasteiger partial charge in [0.2, 0.25) is 5.88 Å². The highest BCUT2D eigenvalue weighted by atomic mass is 16.5. The number of carbonyl (C=O) groups is 1. The Kier molecular flexibility index (Phi) is 2.28. The average Bonchev–Trinajstić information content (AvgIpc) is 2.03. The topological polar surface area (TPSA) is 65.2 Å². The molecule has 0 bridgehead atoms. The summed E-state index contributed by atoms with van der Waals surface area (Å²) in [6, 6.07) is 3.20. The fourth-order valence-corrected chi connectivity index (χ4v) is 0.912. The van der Waals surface area contributed by atoms with E-state index >= 15 is 0 Å². The molecule has 12 heavy (non-hydrogen) atoms. The molecule has 0 radical (unpaired) electrons. The van der Waals surface area contributed by atoms with Gasteiger partial charge in [-0.2, -0.15) is 0 Å². The molecule has 0 aromatic carbocycles. The van der Waals surface area contributed by atoms with E-state index in [1.54, 1.807) is 19.1 Å². The maximum absolute atomic E-state index is 10.8. The minimum absolute atomic E-state index is 0.427. The van der Waals surface area contributed by atoms with Crippen molar-refractivity contribution in [3.05, 3.63) is 23.4 Å². The van der Waals surface area contributed by atoms with Gasteiger partial charge in [0.05, 0.1) is 18.4 Å². The van der Waals surface area contributed by atoms with Crippen LogP contribution in [0.4, 0.5) is 0 Å². The summed E-state index contributed by atoms with van der Waals surface area (Å²) in [5.74, 6) is 0.0140. The monoisotopic (exact) mass is 166 g/mol. The Morgan fingerprint density at radius 3 is 2.67 bits per heavy atom. The first-order valence-electron chi connectivity index (χ1n) is 3.46. The number of carbonyl (C=O) groups excluding carboxylic acids is 1. The van der Waals surface area contributed by atoms with Crippen LogP contribution in [0.1, 0.15) is 16.1 Å². The number of hydrogen-bond donors (Lipinski definition) is 1. The Bertz CT molecular complexity index is 310. The molecule has 64 valence electrons. The second kappa shape index (κ2) is 3.21. The van der Waals surface area contributed by atoms with Crippen molar-refractivity contribution >= 4 is 5.91 Å². The molecular weight excluding hydrogens is 156 g/mol. The molecule has 4 heteroatoms. The van der Waals surface area contributed by atoms with Crippen molar-refractivity contribution in [3.63, 3.8) is 0 Å². The predicted octanol–water partition coefficient (Wildman–Crippen LogP) is 0.498. The van der Waals surface area contributed by atoms with Crippen LogP contribution in [-0.4, -0.2) is 18.0 Å². The van der Waals surface area contributed by atoms with Crippen LogP contribution in [0, 0.1) is 6.92 Å². The highest BCUT2D eigenvalue weighted by Gasteiger charge is 2.05. The second-order valence-electron chi connectivity index (χ2n) is 2.35. The van der Waals surface area contributed by atoms with Crippen molar-refractivity contribution in [3.8, 4) is 5.88 Å². The third-order valence-corrected chi connectivity index (χ3v) is 1.53. The normalized spacial score (nSPS) is 9.50. The summed E-state index contributed by atoms with van der Waals surface area (Å²) >= 11 is 0. The summed E-state index contributed by atoms with van der Waals surface area (Å²) in [6.45, 7) is 1.71. The highest BCUT2D eigenvalue weighted by molar-refractivity contribution is 5.93. The van der Waals surface area contributed by atoms with Crippen molar-refractivity contribution in [2.75, 3.05) is 7.11 Å². The Hall–Kier alpha value is -1.58. The zero-order valence-electron chi connectivity index (χ0n) is 7.00. The molecule has 0 spiro atoms. The van der Waals surface area contributed by atoms with Crippen LogP contribution in [0.2, 0.25) is 0 Å². The summed E-state index contributed by atoms with van der Waals surface area (Å²) in [7, 11) is 1.52. The minimum atomic E-state index is -0.470. The minimum Gasteiger partial charge on any atom is -0.481 e. The summed E-state index contributed by atoms with van der Waals surface area (Å²) < 4.78 is 4.87. The molecule has 1 aromatic heterocycles. The van der Waals surface area contributed by atoms with Gasteiger partial charge in [0, 0.05) is 6.07 Å². The first kappa shape index (κ1) is 8.52. The Balaban J connectivity index is 3.12. The summed E-state index contributed by atoms with van der Waals surface area (Å²) in [5, 5.41) is 0. The maximum atomic E-state index is 10.8. The maximum Gasteiger partial charge on any atom is 0.250 e. The molecule has 0 atom stereocenters. The van der Waals surface area contributed by atoms with Gasteiger partial charge in [-0.25, -0.2) is 4.98 Å². The molecule has 0 saturated carbocycles. The molecule has 0 unspecified atom stereocenters. The number of primary amides is 1. The number of pyridine rings is 1. The second-order valence-corrected chi connectivity index (χ2v) is 2.35. The number of nitrogens with zero attached hydrogens (tertiary/aromatic N) is 1. The van der Waals surface area contributed by atoms with Gasteiger partial charge >= 0.3 is 0 Å². The van der Waals surface area contributed by atoms with E-state index in [1.807, 2.05) is 0 Å². The van der Waals surface area contributed by atoms with Gasteiger partial charge in [-0.15, -0.1) is 0 Å². The SMILES string of the molecule is COc1ccc(C(N)=O)c(C)n1. The molecule has 0 aliphatic rings. The van der Waals surface area contributed by atoms with Gasteiger partial charge in [-0.05, 0) is 13.0 Å². The van der Waals surface area contributed by atoms with Gasteiger partial charge in [-0.3, -0.25) is 4.79 Å². The molecule has 4 nitrogen and oxygen atoms in total. The van der Waals surface area contributed by atoms with E-state index in [4.69, 9.17) is 10.5 Å². The summed E-state index contributed by atoms with van der Waals surface area (Å²) in [5.41, 5.74) is 6.10. The van der Waals surface area contributed by atoms with Crippen LogP contribution in [0.3, 0.4) is 0 Å². The third-order valence-electron chi connectivity index (χ3n) is 1.53. The first-order valence-corrected chi connectivity index (χ1v) is 3.46. The molecule has 1 heterocycles. The standard InChI is InChI=1S/C8H10N2O2/c1-5-6(8(9)11)3-4-7(10-5)12-2/h3-4H,1-2H3,(H2,9,11). The van der Waals surface area contributed by atoms with Crippen LogP contribution in [0.25, 0.3) is 0 Å². The highest BCUT2D eigenvalue weighted by Crippen LogP contribution is 2.10. The molecule has 0 fully saturated rings. The molecule has 1 aromatic rings. The van der Waals surface area contributed by atoms with Crippen molar-refractivity contribution in [1.82, 2.24) is 4.98 Å². The number of ether oxygens (including phenoxy) is 1. The van der Waals surface area contributed by atoms with E-state index in [-0.39, 0.29) is 0 Å².